The smallest absolute Gasteiger partial charge is 0.227 e. The molecule has 4 heterocycles. The number of pyridine rings is 2. The number of benzene rings is 6. The number of furan rings is 1. The molecular weight excluding hydrogens is 611 g/mol. The molecule has 0 fully saturated rings. The third kappa shape index (κ3) is 4.69. The summed E-state index contributed by atoms with van der Waals surface area (Å²) in [4.78, 5) is 9.21. The van der Waals surface area contributed by atoms with Crippen molar-refractivity contribution in [2.24, 2.45) is 0 Å². The van der Waals surface area contributed by atoms with Crippen LogP contribution in [-0.2, 0) is 0 Å². The Morgan fingerprint density at radius 1 is 0.380 bits per heavy atom. The standard InChI is InChI=1S/C46H29N3O/c1-2-15-38(16-3-1)49-42-21-19-36(29-41(42)45-43(49)18-8-23-47-45)34-13-5-11-32(26-34)30-9-4-10-31(25-30)33-12-6-14-35(27-33)37-20-22-44-40(28-37)39-17-7-24-48-46(39)50-44/h1-29H. The van der Waals surface area contributed by atoms with Crippen LogP contribution in [0.5, 0.6) is 0 Å². The van der Waals surface area contributed by atoms with E-state index in [4.69, 9.17) is 9.40 Å². The minimum atomic E-state index is 0.669. The van der Waals surface area contributed by atoms with E-state index in [0.29, 0.717) is 5.71 Å². The molecule has 4 aromatic heterocycles. The molecule has 0 aliphatic carbocycles. The molecule has 10 rings (SSSR count). The SMILES string of the molecule is c1ccc(-n2c3ccc(-c4cccc(-c5cccc(-c6cccc(-c7ccc8oc9ncccc9c8c7)c6)c5)c4)cc3c3ncccc32)cc1. The Bertz CT molecular complexity index is 2880. The molecule has 10 aromatic rings. The van der Waals surface area contributed by atoms with E-state index in [1.54, 1.807) is 6.20 Å². The molecule has 4 heteroatoms. The fourth-order valence-corrected chi connectivity index (χ4v) is 7.30. The maximum absolute atomic E-state index is 5.97. The maximum atomic E-state index is 5.97. The van der Waals surface area contributed by atoms with E-state index in [-0.39, 0.29) is 0 Å². The number of fused-ring (bicyclic) bond motifs is 6. The Balaban J connectivity index is 1.01. The Morgan fingerprint density at radius 2 is 0.940 bits per heavy atom. The minimum absolute atomic E-state index is 0.669. The van der Waals surface area contributed by atoms with Gasteiger partial charge in [-0.05, 0) is 123 Å². The van der Waals surface area contributed by atoms with Gasteiger partial charge in [-0.1, -0.05) is 84.9 Å². The summed E-state index contributed by atoms with van der Waals surface area (Å²) >= 11 is 0. The van der Waals surface area contributed by atoms with Crippen LogP contribution in [0.15, 0.2) is 181 Å². The molecule has 0 N–H and O–H groups in total. The molecule has 0 aliphatic heterocycles. The van der Waals surface area contributed by atoms with Crippen molar-refractivity contribution in [3.8, 4) is 50.2 Å². The highest BCUT2D eigenvalue weighted by atomic mass is 16.3. The molecule has 0 radical (unpaired) electrons. The van der Waals surface area contributed by atoms with Gasteiger partial charge in [-0.25, -0.2) is 4.98 Å². The van der Waals surface area contributed by atoms with Gasteiger partial charge in [0.2, 0.25) is 5.71 Å². The average Bonchev–Trinajstić information content (AvgIpc) is 3.73. The molecule has 0 atom stereocenters. The molecule has 4 nitrogen and oxygen atoms in total. The van der Waals surface area contributed by atoms with E-state index >= 15 is 0 Å². The lowest BCUT2D eigenvalue weighted by molar-refractivity contribution is 0.654. The van der Waals surface area contributed by atoms with Gasteiger partial charge >= 0.3 is 0 Å². The Morgan fingerprint density at radius 3 is 1.60 bits per heavy atom. The monoisotopic (exact) mass is 639 g/mol. The maximum Gasteiger partial charge on any atom is 0.227 e. The topological polar surface area (TPSA) is 43.9 Å². The van der Waals surface area contributed by atoms with Gasteiger partial charge in [0.05, 0.1) is 16.6 Å². The predicted molar refractivity (Wildman–Crippen MR) is 205 cm³/mol. The van der Waals surface area contributed by atoms with Crippen LogP contribution in [0.3, 0.4) is 0 Å². The Kier molecular flexibility index (Phi) is 6.46. The fourth-order valence-electron chi connectivity index (χ4n) is 7.30. The van der Waals surface area contributed by atoms with Crippen molar-refractivity contribution < 1.29 is 4.42 Å². The second-order valence-corrected chi connectivity index (χ2v) is 12.7. The summed E-state index contributed by atoms with van der Waals surface area (Å²) < 4.78 is 8.27. The van der Waals surface area contributed by atoms with Gasteiger partial charge in [0, 0.05) is 34.2 Å². The van der Waals surface area contributed by atoms with E-state index < -0.39 is 0 Å². The first-order valence-electron chi connectivity index (χ1n) is 16.8. The van der Waals surface area contributed by atoms with Crippen LogP contribution in [0.1, 0.15) is 0 Å². The zero-order valence-electron chi connectivity index (χ0n) is 27.0. The normalized spacial score (nSPS) is 11.6. The van der Waals surface area contributed by atoms with E-state index in [1.165, 1.54) is 33.4 Å². The lowest BCUT2D eigenvalue weighted by Gasteiger charge is -2.10. The molecule has 0 spiro atoms. The highest BCUT2D eigenvalue weighted by Crippen LogP contribution is 2.37. The van der Waals surface area contributed by atoms with Crippen molar-refractivity contribution in [2.75, 3.05) is 0 Å². The lowest BCUT2D eigenvalue weighted by Crippen LogP contribution is -1.93. The third-order valence-corrected chi connectivity index (χ3v) is 9.70. The van der Waals surface area contributed by atoms with Crippen LogP contribution in [-0.4, -0.2) is 14.5 Å². The van der Waals surface area contributed by atoms with Crippen LogP contribution in [0, 0.1) is 0 Å². The molecule has 0 amide bonds. The summed E-state index contributed by atoms with van der Waals surface area (Å²) in [5.74, 6) is 0. The number of nitrogens with zero attached hydrogens (tertiary/aromatic N) is 3. The first-order chi connectivity index (χ1) is 24.8. The van der Waals surface area contributed by atoms with Crippen molar-refractivity contribution in [1.82, 2.24) is 14.5 Å². The van der Waals surface area contributed by atoms with Crippen molar-refractivity contribution >= 4 is 44.0 Å². The predicted octanol–water partition coefficient (Wildman–Crippen LogP) is 12.1. The number of aromatic nitrogens is 3. The quantitative estimate of drug-likeness (QED) is 0.188. The molecule has 0 bridgehead atoms. The van der Waals surface area contributed by atoms with E-state index in [0.717, 1.165) is 55.1 Å². The summed E-state index contributed by atoms with van der Waals surface area (Å²) in [7, 11) is 0. The highest BCUT2D eigenvalue weighted by Gasteiger charge is 2.15. The lowest BCUT2D eigenvalue weighted by atomic mass is 9.94. The second kappa shape index (κ2) is 11.4. The van der Waals surface area contributed by atoms with Crippen molar-refractivity contribution in [3.05, 3.63) is 176 Å². The van der Waals surface area contributed by atoms with E-state index in [2.05, 4.69) is 155 Å². The number of para-hydroxylation sites is 1. The van der Waals surface area contributed by atoms with Crippen LogP contribution in [0.25, 0.3) is 94.2 Å². The molecule has 234 valence electrons. The molecule has 6 aromatic carbocycles. The van der Waals surface area contributed by atoms with Crippen LogP contribution < -0.4 is 0 Å². The van der Waals surface area contributed by atoms with Crippen LogP contribution >= 0.6 is 0 Å². The van der Waals surface area contributed by atoms with Crippen LogP contribution in [0.4, 0.5) is 0 Å². The van der Waals surface area contributed by atoms with E-state index in [9.17, 15) is 0 Å². The van der Waals surface area contributed by atoms with Gasteiger partial charge < -0.3 is 8.98 Å². The summed E-state index contributed by atoms with van der Waals surface area (Å²) in [6.07, 6.45) is 3.65. The molecule has 0 unspecified atom stereocenters. The molecule has 0 aliphatic rings. The summed E-state index contributed by atoms with van der Waals surface area (Å²) in [5, 5.41) is 3.26. The summed E-state index contributed by atoms with van der Waals surface area (Å²) in [6, 6.07) is 58.2. The van der Waals surface area contributed by atoms with Gasteiger partial charge in [0.1, 0.15) is 5.58 Å². The highest BCUT2D eigenvalue weighted by molar-refractivity contribution is 6.08. The first-order valence-corrected chi connectivity index (χ1v) is 16.8. The van der Waals surface area contributed by atoms with Gasteiger partial charge in [0.15, 0.2) is 0 Å². The number of rotatable bonds is 5. The van der Waals surface area contributed by atoms with Crippen LogP contribution in [0.2, 0.25) is 0 Å². The van der Waals surface area contributed by atoms with Crippen molar-refractivity contribution in [2.45, 2.75) is 0 Å². The third-order valence-electron chi connectivity index (χ3n) is 9.70. The van der Waals surface area contributed by atoms with Gasteiger partial charge in [-0.2, -0.15) is 0 Å². The zero-order chi connectivity index (χ0) is 33.0. The van der Waals surface area contributed by atoms with Crippen molar-refractivity contribution in [3.63, 3.8) is 0 Å². The first kappa shape index (κ1) is 28.3. The Hall–Kier alpha value is -6.78. The molecule has 0 saturated heterocycles. The Labute approximate surface area is 288 Å². The molecule has 50 heavy (non-hydrogen) atoms. The summed E-state index contributed by atoms with van der Waals surface area (Å²) in [6.45, 7) is 0. The zero-order valence-corrected chi connectivity index (χ0v) is 27.0. The number of hydrogen-bond acceptors (Lipinski definition) is 3. The largest absolute Gasteiger partial charge is 0.438 e. The summed E-state index contributed by atoms with van der Waals surface area (Å²) in [5.41, 5.74) is 15.3. The number of hydrogen-bond donors (Lipinski definition) is 0. The average molecular weight is 640 g/mol. The van der Waals surface area contributed by atoms with Gasteiger partial charge in [0.25, 0.3) is 0 Å². The fraction of sp³-hybridized carbons (Fsp3) is 0. The van der Waals surface area contributed by atoms with Crippen molar-refractivity contribution in [1.29, 1.82) is 0 Å². The van der Waals surface area contributed by atoms with E-state index in [1.807, 2.05) is 24.4 Å². The second-order valence-electron chi connectivity index (χ2n) is 12.7. The molecule has 0 saturated carbocycles. The van der Waals surface area contributed by atoms with Gasteiger partial charge in [-0.15, -0.1) is 0 Å². The van der Waals surface area contributed by atoms with Gasteiger partial charge in [-0.3, -0.25) is 4.98 Å². The molecular formula is C46H29N3O. The minimum Gasteiger partial charge on any atom is -0.438 e.